The summed E-state index contributed by atoms with van der Waals surface area (Å²) in [6, 6.07) is 10.3. The number of methoxy groups -OCH3 is 1. The molecule has 0 bridgehead atoms. The van der Waals surface area contributed by atoms with Crippen LogP contribution >= 0.6 is 11.3 Å². The number of ketones is 1. The van der Waals surface area contributed by atoms with Gasteiger partial charge in [-0.05, 0) is 30.4 Å². The number of hydrogen-bond donors (Lipinski definition) is 1. The Bertz CT molecular complexity index is 670. The standard InChI is InChI=1S/C15H12O4S/c1-19-12-5-3-2-4-10(12)6-7-11(16)13-8-9-14(20-13)15(17)18/h2-9H,1H3,(H,17,18)/b7-6+. The van der Waals surface area contributed by atoms with Crippen molar-refractivity contribution in [2.75, 3.05) is 7.11 Å². The van der Waals surface area contributed by atoms with E-state index in [1.54, 1.807) is 19.3 Å². The Labute approximate surface area is 119 Å². The Kier molecular flexibility index (Phi) is 4.32. The van der Waals surface area contributed by atoms with Crippen molar-refractivity contribution in [2.24, 2.45) is 0 Å². The molecule has 5 heteroatoms. The van der Waals surface area contributed by atoms with Crippen molar-refractivity contribution in [1.29, 1.82) is 0 Å². The summed E-state index contributed by atoms with van der Waals surface area (Å²) in [5.41, 5.74) is 0.790. The summed E-state index contributed by atoms with van der Waals surface area (Å²) < 4.78 is 5.18. The third kappa shape index (κ3) is 3.13. The number of carbonyl (C=O) groups is 2. The lowest BCUT2D eigenvalue weighted by Gasteiger charge is -2.02. The fraction of sp³-hybridized carbons (Fsp3) is 0.0667. The molecule has 0 unspecified atom stereocenters. The van der Waals surface area contributed by atoms with Crippen LogP contribution in [0.1, 0.15) is 24.9 Å². The highest BCUT2D eigenvalue weighted by Gasteiger charge is 2.10. The van der Waals surface area contributed by atoms with Gasteiger partial charge in [-0.25, -0.2) is 4.79 Å². The molecule has 0 saturated carbocycles. The minimum atomic E-state index is -1.03. The number of para-hydroxylation sites is 1. The number of allylic oxidation sites excluding steroid dienone is 1. The molecule has 0 spiro atoms. The molecule has 0 aliphatic heterocycles. The van der Waals surface area contributed by atoms with Crippen molar-refractivity contribution >= 4 is 29.2 Å². The zero-order valence-electron chi connectivity index (χ0n) is 10.7. The summed E-state index contributed by atoms with van der Waals surface area (Å²) in [4.78, 5) is 23.3. The minimum Gasteiger partial charge on any atom is -0.496 e. The lowest BCUT2D eigenvalue weighted by molar-refractivity contribution is 0.0702. The van der Waals surface area contributed by atoms with Crippen LogP contribution in [0.4, 0.5) is 0 Å². The van der Waals surface area contributed by atoms with Crippen LogP contribution in [0.3, 0.4) is 0 Å². The maximum Gasteiger partial charge on any atom is 0.345 e. The third-order valence-electron chi connectivity index (χ3n) is 2.61. The predicted octanol–water partition coefficient (Wildman–Crippen LogP) is 3.35. The molecule has 1 aromatic carbocycles. The topological polar surface area (TPSA) is 63.6 Å². The van der Waals surface area contributed by atoms with Gasteiger partial charge in [0.25, 0.3) is 0 Å². The smallest absolute Gasteiger partial charge is 0.345 e. The number of thiophene rings is 1. The normalized spacial score (nSPS) is 10.7. The van der Waals surface area contributed by atoms with Crippen LogP contribution in [0.5, 0.6) is 5.75 Å². The first-order valence-electron chi connectivity index (χ1n) is 5.80. The van der Waals surface area contributed by atoms with Gasteiger partial charge >= 0.3 is 5.97 Å². The quantitative estimate of drug-likeness (QED) is 0.677. The van der Waals surface area contributed by atoms with Crippen LogP contribution in [-0.2, 0) is 0 Å². The van der Waals surface area contributed by atoms with E-state index in [1.165, 1.54) is 18.2 Å². The molecule has 2 rings (SSSR count). The zero-order chi connectivity index (χ0) is 14.5. The second kappa shape index (κ2) is 6.16. The molecule has 2 aromatic rings. The van der Waals surface area contributed by atoms with E-state index < -0.39 is 5.97 Å². The second-order valence-electron chi connectivity index (χ2n) is 3.91. The van der Waals surface area contributed by atoms with Gasteiger partial charge in [0.15, 0.2) is 5.78 Å². The molecular weight excluding hydrogens is 276 g/mol. The molecule has 4 nitrogen and oxygen atoms in total. The van der Waals surface area contributed by atoms with Crippen LogP contribution < -0.4 is 4.74 Å². The Morgan fingerprint density at radius 3 is 2.50 bits per heavy atom. The Morgan fingerprint density at radius 2 is 1.85 bits per heavy atom. The van der Waals surface area contributed by atoms with Crippen molar-refractivity contribution in [3.05, 3.63) is 57.8 Å². The summed E-state index contributed by atoms with van der Waals surface area (Å²) >= 11 is 0.963. The van der Waals surface area contributed by atoms with Gasteiger partial charge < -0.3 is 9.84 Å². The average Bonchev–Trinajstić information content (AvgIpc) is 2.95. The molecule has 1 aromatic heterocycles. The van der Waals surface area contributed by atoms with Gasteiger partial charge in [0.05, 0.1) is 12.0 Å². The van der Waals surface area contributed by atoms with Crippen molar-refractivity contribution < 1.29 is 19.4 Å². The van der Waals surface area contributed by atoms with E-state index in [9.17, 15) is 9.59 Å². The van der Waals surface area contributed by atoms with Gasteiger partial charge in [0.2, 0.25) is 0 Å². The summed E-state index contributed by atoms with van der Waals surface area (Å²) in [5, 5.41) is 8.82. The maximum atomic E-state index is 11.9. The van der Waals surface area contributed by atoms with Crippen molar-refractivity contribution in [2.45, 2.75) is 0 Å². The Balaban J connectivity index is 2.18. The second-order valence-corrected chi connectivity index (χ2v) is 4.99. The highest BCUT2D eigenvalue weighted by atomic mass is 32.1. The van der Waals surface area contributed by atoms with E-state index in [1.807, 2.05) is 18.2 Å². The van der Waals surface area contributed by atoms with E-state index in [2.05, 4.69) is 0 Å². The van der Waals surface area contributed by atoms with Crippen LogP contribution in [0, 0.1) is 0 Å². The monoisotopic (exact) mass is 288 g/mol. The van der Waals surface area contributed by atoms with Gasteiger partial charge in [-0.15, -0.1) is 11.3 Å². The van der Waals surface area contributed by atoms with E-state index in [4.69, 9.17) is 9.84 Å². The highest BCUT2D eigenvalue weighted by Crippen LogP contribution is 2.21. The van der Waals surface area contributed by atoms with Gasteiger partial charge in [-0.1, -0.05) is 18.2 Å². The fourth-order valence-electron chi connectivity index (χ4n) is 1.64. The van der Waals surface area contributed by atoms with Gasteiger partial charge in [-0.3, -0.25) is 4.79 Å². The molecule has 0 aliphatic rings. The first kappa shape index (κ1) is 14.0. The number of benzene rings is 1. The number of ether oxygens (including phenoxy) is 1. The lowest BCUT2D eigenvalue weighted by Crippen LogP contribution is -1.91. The van der Waals surface area contributed by atoms with E-state index >= 15 is 0 Å². The molecule has 1 N–H and O–H groups in total. The number of rotatable bonds is 5. The van der Waals surface area contributed by atoms with Gasteiger partial charge in [0.1, 0.15) is 10.6 Å². The number of aromatic carboxylic acids is 1. The molecular formula is C15H12O4S. The fourth-order valence-corrected chi connectivity index (χ4v) is 2.40. The van der Waals surface area contributed by atoms with Crippen molar-refractivity contribution in [1.82, 2.24) is 0 Å². The largest absolute Gasteiger partial charge is 0.496 e. The van der Waals surface area contributed by atoms with E-state index in [-0.39, 0.29) is 10.7 Å². The first-order chi connectivity index (χ1) is 9.61. The Morgan fingerprint density at radius 1 is 1.15 bits per heavy atom. The summed E-state index contributed by atoms with van der Waals surface area (Å²) in [7, 11) is 1.56. The minimum absolute atomic E-state index is 0.152. The summed E-state index contributed by atoms with van der Waals surface area (Å²) in [6.07, 6.45) is 3.07. The van der Waals surface area contributed by atoms with E-state index in [0.29, 0.717) is 10.6 Å². The van der Waals surface area contributed by atoms with Gasteiger partial charge in [-0.2, -0.15) is 0 Å². The zero-order valence-corrected chi connectivity index (χ0v) is 11.5. The molecule has 0 fully saturated rings. The molecule has 0 radical (unpaired) electrons. The molecule has 0 amide bonds. The SMILES string of the molecule is COc1ccccc1/C=C/C(=O)c1ccc(C(=O)O)s1. The average molecular weight is 288 g/mol. The van der Waals surface area contributed by atoms with Crippen molar-refractivity contribution in [3.8, 4) is 5.75 Å². The molecule has 102 valence electrons. The van der Waals surface area contributed by atoms with Crippen LogP contribution in [0.25, 0.3) is 6.08 Å². The molecule has 1 heterocycles. The van der Waals surface area contributed by atoms with E-state index in [0.717, 1.165) is 16.9 Å². The van der Waals surface area contributed by atoms with Crippen molar-refractivity contribution in [3.63, 3.8) is 0 Å². The summed E-state index contributed by atoms with van der Waals surface area (Å²) in [5.74, 6) is -0.579. The number of carboxylic acid groups (broad SMARTS) is 1. The van der Waals surface area contributed by atoms with Crippen LogP contribution in [-0.4, -0.2) is 24.0 Å². The van der Waals surface area contributed by atoms with Gasteiger partial charge in [0, 0.05) is 5.56 Å². The lowest BCUT2D eigenvalue weighted by atomic mass is 10.1. The first-order valence-corrected chi connectivity index (χ1v) is 6.62. The maximum absolute atomic E-state index is 11.9. The Hall–Kier alpha value is -2.40. The number of carbonyl (C=O) groups excluding carboxylic acids is 1. The highest BCUT2D eigenvalue weighted by molar-refractivity contribution is 7.16. The third-order valence-corrected chi connectivity index (χ3v) is 3.70. The molecule has 0 aliphatic carbocycles. The predicted molar refractivity (Wildman–Crippen MR) is 77.6 cm³/mol. The molecule has 20 heavy (non-hydrogen) atoms. The summed E-state index contributed by atoms with van der Waals surface area (Å²) in [6.45, 7) is 0. The molecule has 0 saturated heterocycles. The number of carboxylic acids is 1. The van der Waals surface area contributed by atoms with Crippen LogP contribution in [0.15, 0.2) is 42.5 Å². The van der Waals surface area contributed by atoms with Crippen LogP contribution in [0.2, 0.25) is 0 Å². The number of hydrogen-bond acceptors (Lipinski definition) is 4. The molecule has 0 atom stereocenters.